The Morgan fingerprint density at radius 3 is 2.74 bits per heavy atom. The van der Waals surface area contributed by atoms with Crippen LogP contribution < -0.4 is 0 Å². The second kappa shape index (κ2) is 5.74. The second-order valence-corrected chi connectivity index (χ2v) is 7.63. The highest BCUT2D eigenvalue weighted by molar-refractivity contribution is 5.85. The van der Waals surface area contributed by atoms with E-state index in [0.29, 0.717) is 24.3 Å². The Kier molecular flexibility index (Phi) is 3.84. The maximum absolute atomic E-state index is 12.8. The van der Waals surface area contributed by atoms with Gasteiger partial charge in [0, 0.05) is 25.6 Å². The summed E-state index contributed by atoms with van der Waals surface area (Å²) in [5.41, 5.74) is 0. The fourth-order valence-corrected chi connectivity index (χ4v) is 5.56. The summed E-state index contributed by atoms with van der Waals surface area (Å²) < 4.78 is 5.11. The Labute approximate surface area is 136 Å². The smallest absolute Gasteiger partial charge is 0.303 e. The monoisotopic (exact) mass is 322 g/mol. The molecule has 0 aromatic rings. The van der Waals surface area contributed by atoms with Gasteiger partial charge in [0.05, 0.1) is 0 Å². The number of rotatable bonds is 1. The van der Waals surface area contributed by atoms with Crippen molar-refractivity contribution < 1.29 is 19.4 Å². The van der Waals surface area contributed by atoms with Crippen molar-refractivity contribution >= 4 is 11.9 Å². The molecule has 0 radical (unpaired) electrons. The number of esters is 1. The zero-order chi connectivity index (χ0) is 16.1. The van der Waals surface area contributed by atoms with Crippen molar-refractivity contribution in [3.8, 4) is 0 Å². The van der Waals surface area contributed by atoms with Gasteiger partial charge in [0.1, 0.15) is 6.10 Å². The van der Waals surface area contributed by atoms with Gasteiger partial charge in [-0.25, -0.2) is 0 Å². The Bertz CT molecular complexity index is 509. The number of aliphatic hydroxyl groups is 1. The summed E-state index contributed by atoms with van der Waals surface area (Å²) in [6.07, 6.45) is 3.34. The predicted octanol–water partition coefficient (Wildman–Crippen LogP) is 0.384. The lowest BCUT2D eigenvalue weighted by Crippen LogP contribution is -2.70. The molecule has 4 saturated heterocycles. The molecular weight excluding hydrogens is 296 g/mol. The third-order valence-electron chi connectivity index (χ3n) is 6.32. The van der Waals surface area contributed by atoms with Gasteiger partial charge < -0.3 is 14.7 Å². The van der Waals surface area contributed by atoms with Crippen LogP contribution in [0.4, 0.5) is 0 Å². The van der Waals surface area contributed by atoms with Crippen LogP contribution in [0.5, 0.6) is 0 Å². The quantitative estimate of drug-likeness (QED) is 0.707. The van der Waals surface area contributed by atoms with Crippen LogP contribution in [0.2, 0.25) is 0 Å². The molecule has 0 bridgehead atoms. The van der Waals surface area contributed by atoms with Crippen molar-refractivity contribution in [2.45, 2.75) is 63.3 Å². The lowest BCUT2D eigenvalue weighted by atomic mass is 9.67. The van der Waals surface area contributed by atoms with Crippen LogP contribution in [0.25, 0.3) is 0 Å². The molecule has 4 fully saturated rings. The molecule has 0 spiro atoms. The fourth-order valence-electron chi connectivity index (χ4n) is 5.56. The first kappa shape index (κ1) is 15.4. The lowest BCUT2D eigenvalue weighted by Gasteiger charge is -2.59. The molecule has 23 heavy (non-hydrogen) atoms. The van der Waals surface area contributed by atoms with E-state index < -0.39 is 18.2 Å². The Morgan fingerprint density at radius 1 is 1.26 bits per heavy atom. The van der Waals surface area contributed by atoms with E-state index in [9.17, 15) is 14.7 Å². The molecule has 128 valence electrons. The van der Waals surface area contributed by atoms with E-state index in [0.717, 1.165) is 13.0 Å². The average Bonchev–Trinajstić information content (AvgIpc) is 2.53. The highest BCUT2D eigenvalue weighted by atomic mass is 16.6. The van der Waals surface area contributed by atoms with E-state index in [1.165, 1.54) is 39.3 Å². The molecule has 0 aromatic carbocycles. The third kappa shape index (κ3) is 2.47. The van der Waals surface area contributed by atoms with Crippen molar-refractivity contribution in [1.82, 2.24) is 9.80 Å². The van der Waals surface area contributed by atoms with Gasteiger partial charge in [-0.1, -0.05) is 0 Å². The highest BCUT2D eigenvalue weighted by Gasteiger charge is 2.54. The van der Waals surface area contributed by atoms with E-state index >= 15 is 0 Å². The summed E-state index contributed by atoms with van der Waals surface area (Å²) in [6, 6.07) is 0.676. The first-order valence-corrected chi connectivity index (χ1v) is 8.96. The van der Waals surface area contributed by atoms with E-state index in [4.69, 9.17) is 4.74 Å². The van der Waals surface area contributed by atoms with Crippen LogP contribution in [-0.4, -0.2) is 70.7 Å². The zero-order valence-electron chi connectivity index (χ0n) is 13.7. The summed E-state index contributed by atoms with van der Waals surface area (Å²) in [5.74, 6) is 0.296. The minimum atomic E-state index is -1.01. The molecule has 6 nitrogen and oxygen atoms in total. The maximum atomic E-state index is 12.8. The van der Waals surface area contributed by atoms with Crippen molar-refractivity contribution in [3.05, 3.63) is 0 Å². The van der Waals surface area contributed by atoms with Crippen LogP contribution in [0.15, 0.2) is 0 Å². The summed E-state index contributed by atoms with van der Waals surface area (Å²) in [6.45, 7) is 4.40. The summed E-state index contributed by atoms with van der Waals surface area (Å²) in [7, 11) is 0. The number of aliphatic hydroxyl groups excluding tert-OH is 1. The SMILES string of the molecule is CC(=O)OC1C(=O)N2CC3CCCN4CCCC(C34)C2CC1O. The molecule has 0 aromatic heterocycles. The van der Waals surface area contributed by atoms with E-state index in [-0.39, 0.29) is 11.9 Å². The maximum Gasteiger partial charge on any atom is 0.303 e. The molecule has 6 heteroatoms. The van der Waals surface area contributed by atoms with Gasteiger partial charge in [-0.15, -0.1) is 0 Å². The molecule has 4 aliphatic heterocycles. The number of fused-ring (bicyclic) bond motifs is 2. The summed E-state index contributed by atoms with van der Waals surface area (Å²) in [4.78, 5) is 28.6. The topological polar surface area (TPSA) is 70.1 Å². The largest absolute Gasteiger partial charge is 0.450 e. The number of nitrogens with zero attached hydrogens (tertiary/aromatic N) is 2. The fraction of sp³-hybridized carbons (Fsp3) is 0.882. The first-order valence-electron chi connectivity index (χ1n) is 8.96. The minimum Gasteiger partial charge on any atom is -0.450 e. The number of hydrogen-bond donors (Lipinski definition) is 1. The number of carbonyl (C=O) groups is 2. The summed E-state index contributed by atoms with van der Waals surface area (Å²) >= 11 is 0. The van der Waals surface area contributed by atoms with Crippen LogP contribution in [0.3, 0.4) is 0 Å². The molecular formula is C17H26N2O4. The standard InChI is InChI=1S/C17H26N2O4/c1-10(20)23-16-14(21)8-13-12-5-3-7-18-6-2-4-11(15(12)18)9-19(13)17(16)22/h11-16,21H,2-9H2,1H3. The van der Waals surface area contributed by atoms with E-state index in [1.54, 1.807) is 0 Å². The Hall–Kier alpha value is -1.14. The Morgan fingerprint density at radius 2 is 2.00 bits per heavy atom. The van der Waals surface area contributed by atoms with Crippen LogP contribution in [0, 0.1) is 11.8 Å². The molecule has 4 heterocycles. The van der Waals surface area contributed by atoms with Crippen LogP contribution in [0.1, 0.15) is 39.0 Å². The van der Waals surface area contributed by atoms with Crippen LogP contribution >= 0.6 is 0 Å². The number of ether oxygens (including phenoxy) is 1. The van der Waals surface area contributed by atoms with Crippen molar-refractivity contribution in [3.63, 3.8) is 0 Å². The molecule has 0 aliphatic carbocycles. The lowest BCUT2D eigenvalue weighted by molar-refractivity contribution is -0.186. The van der Waals surface area contributed by atoms with E-state index in [2.05, 4.69) is 4.90 Å². The van der Waals surface area contributed by atoms with E-state index in [1.807, 2.05) is 4.90 Å². The number of hydrogen-bond acceptors (Lipinski definition) is 5. The molecule has 6 unspecified atom stereocenters. The molecule has 4 aliphatic rings. The van der Waals surface area contributed by atoms with Crippen molar-refractivity contribution in [2.24, 2.45) is 11.8 Å². The molecule has 4 rings (SSSR count). The predicted molar refractivity (Wildman–Crippen MR) is 82.5 cm³/mol. The van der Waals surface area contributed by atoms with Gasteiger partial charge in [0.25, 0.3) is 5.91 Å². The number of piperidine rings is 4. The van der Waals surface area contributed by atoms with Crippen LogP contribution in [-0.2, 0) is 14.3 Å². The third-order valence-corrected chi connectivity index (χ3v) is 6.32. The Balaban J connectivity index is 1.60. The number of amides is 1. The highest BCUT2D eigenvalue weighted by Crippen LogP contribution is 2.45. The average molecular weight is 322 g/mol. The van der Waals surface area contributed by atoms with Gasteiger partial charge in [-0.3, -0.25) is 14.5 Å². The van der Waals surface area contributed by atoms with Crippen molar-refractivity contribution in [2.75, 3.05) is 19.6 Å². The van der Waals surface area contributed by atoms with Gasteiger partial charge in [-0.05, 0) is 57.0 Å². The normalized spacial score (nSPS) is 43.6. The molecule has 1 N–H and O–H groups in total. The van der Waals surface area contributed by atoms with Gasteiger partial charge in [-0.2, -0.15) is 0 Å². The first-order chi connectivity index (χ1) is 11.1. The molecule has 6 atom stereocenters. The van der Waals surface area contributed by atoms with Gasteiger partial charge in [0.2, 0.25) is 6.10 Å². The zero-order valence-corrected chi connectivity index (χ0v) is 13.7. The molecule has 1 amide bonds. The van der Waals surface area contributed by atoms with Gasteiger partial charge >= 0.3 is 5.97 Å². The van der Waals surface area contributed by atoms with Crippen molar-refractivity contribution in [1.29, 1.82) is 0 Å². The van der Waals surface area contributed by atoms with Gasteiger partial charge in [0.15, 0.2) is 0 Å². The summed E-state index contributed by atoms with van der Waals surface area (Å²) in [5, 5.41) is 10.4. The number of carbonyl (C=O) groups excluding carboxylic acids is 2. The molecule has 0 saturated carbocycles. The minimum absolute atomic E-state index is 0.103. The second-order valence-electron chi connectivity index (χ2n) is 7.63.